The number of hydrogen-bond acceptors (Lipinski definition) is 5. The fraction of sp³-hybridized carbons (Fsp3) is 0.207. The van der Waals surface area contributed by atoms with E-state index in [-0.39, 0.29) is 13.2 Å². The van der Waals surface area contributed by atoms with E-state index in [4.69, 9.17) is 14.5 Å². The van der Waals surface area contributed by atoms with Crippen LogP contribution in [-0.2, 0) is 31.0 Å². The highest BCUT2D eigenvalue weighted by Gasteiger charge is 2.43. The molecule has 2 aromatic carbocycles. The molecule has 4 rings (SSSR count). The van der Waals surface area contributed by atoms with Gasteiger partial charge in [-0.1, -0.05) is 60.7 Å². The van der Waals surface area contributed by atoms with E-state index in [9.17, 15) is 9.59 Å². The van der Waals surface area contributed by atoms with Gasteiger partial charge in [0.1, 0.15) is 5.82 Å². The summed E-state index contributed by atoms with van der Waals surface area (Å²) < 4.78 is 12.9. The molecule has 178 valence electrons. The Hall–Kier alpha value is -4.19. The Balaban J connectivity index is 1.90. The van der Waals surface area contributed by atoms with Crippen LogP contribution >= 0.6 is 0 Å². The number of imidazole rings is 1. The Morgan fingerprint density at radius 2 is 1.71 bits per heavy atom. The minimum atomic E-state index is -1.44. The second kappa shape index (κ2) is 10.8. The molecule has 0 bridgehead atoms. The van der Waals surface area contributed by atoms with Crippen molar-refractivity contribution in [2.24, 2.45) is 0 Å². The fourth-order valence-corrected chi connectivity index (χ4v) is 4.06. The summed E-state index contributed by atoms with van der Waals surface area (Å²) in [4.78, 5) is 31.0. The molecule has 0 fully saturated rings. The maximum absolute atomic E-state index is 13.7. The monoisotopic (exact) mass is 468 g/mol. The molecule has 0 radical (unpaired) electrons. The number of nitrogens with zero attached hydrogens (tertiary/aromatic N) is 2. The van der Waals surface area contributed by atoms with Crippen molar-refractivity contribution in [3.63, 3.8) is 0 Å². The third-order valence-electron chi connectivity index (χ3n) is 5.88. The van der Waals surface area contributed by atoms with Crippen molar-refractivity contribution in [1.29, 1.82) is 0 Å². The normalized spacial score (nSPS) is 17.6. The summed E-state index contributed by atoms with van der Waals surface area (Å²) in [5.74, 6) is -0.603. The van der Waals surface area contributed by atoms with Crippen LogP contribution in [0.15, 0.2) is 92.1 Å². The molecule has 6 heteroatoms. The summed E-state index contributed by atoms with van der Waals surface area (Å²) in [7, 11) is 0. The van der Waals surface area contributed by atoms with Gasteiger partial charge in [0.25, 0.3) is 0 Å². The Kier molecular flexibility index (Phi) is 7.41. The first kappa shape index (κ1) is 24.0. The predicted molar refractivity (Wildman–Crippen MR) is 137 cm³/mol. The van der Waals surface area contributed by atoms with E-state index >= 15 is 0 Å². The molecule has 6 nitrogen and oxygen atoms in total. The molecule has 3 aromatic rings. The van der Waals surface area contributed by atoms with Crippen molar-refractivity contribution in [3.05, 3.63) is 109 Å². The summed E-state index contributed by atoms with van der Waals surface area (Å²) in [5, 5.41) is 0. The van der Waals surface area contributed by atoms with Crippen LogP contribution in [0.2, 0.25) is 0 Å². The van der Waals surface area contributed by atoms with Crippen molar-refractivity contribution in [1.82, 2.24) is 9.55 Å². The summed E-state index contributed by atoms with van der Waals surface area (Å²) in [6.45, 7) is 8.22. The molecule has 1 atom stereocenters. The molecule has 2 heterocycles. The summed E-state index contributed by atoms with van der Waals surface area (Å²) >= 11 is 0. The van der Waals surface area contributed by atoms with Crippen LogP contribution in [0.5, 0.6) is 0 Å². The summed E-state index contributed by atoms with van der Waals surface area (Å²) in [6, 6.07) is 15.7. The minimum Gasteiger partial charge on any atom is -0.464 e. The molecular weight excluding hydrogens is 440 g/mol. The van der Waals surface area contributed by atoms with Crippen LogP contribution in [-0.4, -0.2) is 34.7 Å². The SMILES string of the molecule is C=CCCOC(=O)/C=C/C1(C(=O)OCCC=C)/C=C\c2ccccc2Cn2c1nc1ccccc12. The number of rotatable bonds is 9. The Morgan fingerprint density at radius 1 is 1.00 bits per heavy atom. The Morgan fingerprint density at radius 3 is 2.51 bits per heavy atom. The molecule has 0 aliphatic carbocycles. The lowest BCUT2D eigenvalue weighted by Crippen LogP contribution is -2.38. The molecule has 0 amide bonds. The maximum atomic E-state index is 13.7. The van der Waals surface area contributed by atoms with E-state index in [2.05, 4.69) is 19.2 Å². The molecule has 0 saturated heterocycles. The maximum Gasteiger partial charge on any atom is 0.330 e. The molecule has 0 saturated carbocycles. The minimum absolute atomic E-state index is 0.173. The van der Waals surface area contributed by atoms with Gasteiger partial charge >= 0.3 is 11.9 Å². The lowest BCUT2D eigenvalue weighted by Gasteiger charge is -2.28. The lowest BCUT2D eigenvalue weighted by molar-refractivity contribution is -0.147. The van der Waals surface area contributed by atoms with Gasteiger partial charge in [0.2, 0.25) is 0 Å². The van der Waals surface area contributed by atoms with Gasteiger partial charge in [0, 0.05) is 12.6 Å². The van der Waals surface area contributed by atoms with Gasteiger partial charge < -0.3 is 14.0 Å². The Labute approximate surface area is 204 Å². The van der Waals surface area contributed by atoms with Crippen molar-refractivity contribution in [2.75, 3.05) is 13.2 Å². The number of ether oxygens (including phenoxy) is 2. The van der Waals surface area contributed by atoms with Crippen molar-refractivity contribution in [3.8, 4) is 0 Å². The second-order valence-corrected chi connectivity index (χ2v) is 8.20. The summed E-state index contributed by atoms with van der Waals surface area (Å²) in [5.41, 5.74) is 2.26. The van der Waals surface area contributed by atoms with Crippen LogP contribution in [0.4, 0.5) is 0 Å². The highest BCUT2D eigenvalue weighted by atomic mass is 16.5. The lowest BCUT2D eigenvalue weighted by atomic mass is 9.83. The van der Waals surface area contributed by atoms with E-state index < -0.39 is 17.4 Å². The van der Waals surface area contributed by atoms with Crippen LogP contribution in [0.3, 0.4) is 0 Å². The van der Waals surface area contributed by atoms with Crippen molar-refractivity contribution in [2.45, 2.75) is 24.8 Å². The van der Waals surface area contributed by atoms with E-state index in [0.717, 1.165) is 22.2 Å². The van der Waals surface area contributed by atoms with E-state index in [0.29, 0.717) is 25.2 Å². The molecule has 35 heavy (non-hydrogen) atoms. The van der Waals surface area contributed by atoms with Crippen molar-refractivity contribution < 1.29 is 19.1 Å². The highest BCUT2D eigenvalue weighted by Crippen LogP contribution is 2.35. The largest absolute Gasteiger partial charge is 0.464 e. The molecule has 0 N–H and O–H groups in total. The van der Waals surface area contributed by atoms with Gasteiger partial charge in [-0.2, -0.15) is 0 Å². The van der Waals surface area contributed by atoms with E-state index in [1.165, 1.54) is 12.2 Å². The second-order valence-electron chi connectivity index (χ2n) is 8.20. The van der Waals surface area contributed by atoms with Gasteiger partial charge in [0.15, 0.2) is 5.41 Å². The number of carbonyl (C=O) groups is 2. The molecular formula is C29H28N2O4. The number of aromatic nitrogens is 2. The third-order valence-corrected chi connectivity index (χ3v) is 5.88. The number of hydrogen-bond donors (Lipinski definition) is 0. The molecule has 1 unspecified atom stereocenters. The quantitative estimate of drug-likeness (QED) is 0.188. The predicted octanol–water partition coefficient (Wildman–Crippen LogP) is 5.14. The van der Waals surface area contributed by atoms with Gasteiger partial charge in [-0.05, 0) is 42.2 Å². The first-order chi connectivity index (χ1) is 17.1. The van der Waals surface area contributed by atoms with Crippen LogP contribution in [0, 0.1) is 0 Å². The number of carbonyl (C=O) groups excluding carboxylic acids is 2. The van der Waals surface area contributed by atoms with E-state index in [1.807, 2.05) is 53.1 Å². The first-order valence-electron chi connectivity index (χ1n) is 11.6. The van der Waals surface area contributed by atoms with Crippen LogP contribution < -0.4 is 0 Å². The van der Waals surface area contributed by atoms with Crippen LogP contribution in [0.25, 0.3) is 17.1 Å². The standard InChI is InChI=1S/C29H28N2O4/c1-3-5-19-34-26(32)16-18-29(28(33)35-20-6-4-2)17-15-22-11-7-8-12-23(22)21-31-25-14-10-9-13-24(25)30-27(29)31/h3-4,7-18H,1-2,5-6,19-21H2/b17-15-,18-16+. The summed E-state index contributed by atoms with van der Waals surface area (Å²) in [6.07, 6.45) is 10.9. The zero-order chi connectivity index (χ0) is 24.7. The van der Waals surface area contributed by atoms with Crippen molar-refractivity contribution >= 4 is 29.0 Å². The van der Waals surface area contributed by atoms with Gasteiger partial charge in [0.05, 0.1) is 24.2 Å². The molecule has 0 spiro atoms. The highest BCUT2D eigenvalue weighted by molar-refractivity contribution is 5.93. The van der Waals surface area contributed by atoms with Crippen LogP contribution in [0.1, 0.15) is 29.8 Å². The molecule has 1 aliphatic rings. The Bertz CT molecular complexity index is 1320. The number of para-hydroxylation sites is 2. The van der Waals surface area contributed by atoms with Gasteiger partial charge in [-0.15, -0.1) is 13.2 Å². The topological polar surface area (TPSA) is 70.4 Å². The zero-order valence-corrected chi connectivity index (χ0v) is 19.6. The smallest absolute Gasteiger partial charge is 0.330 e. The van der Waals surface area contributed by atoms with Gasteiger partial charge in [-0.25, -0.2) is 9.78 Å². The molecule has 1 aromatic heterocycles. The number of benzene rings is 2. The fourth-order valence-electron chi connectivity index (χ4n) is 4.06. The number of esters is 2. The molecule has 1 aliphatic heterocycles. The average molecular weight is 469 g/mol. The van der Waals surface area contributed by atoms with Gasteiger partial charge in [-0.3, -0.25) is 4.79 Å². The zero-order valence-electron chi connectivity index (χ0n) is 19.6. The third kappa shape index (κ3) is 5.01. The van der Waals surface area contributed by atoms with E-state index in [1.54, 1.807) is 18.2 Å². The number of fused-ring (bicyclic) bond motifs is 4. The first-order valence-corrected chi connectivity index (χ1v) is 11.6. The average Bonchev–Trinajstić information content (AvgIpc) is 3.22.